The number of aromatic nitrogens is 2. The molecule has 0 aliphatic heterocycles. The minimum Gasteiger partial charge on any atom is -0.356 e. The average molecular weight is 331 g/mol. The molecule has 0 unspecified atom stereocenters. The monoisotopic (exact) mass is 331 g/mol. The molecule has 112 valence electrons. The summed E-state index contributed by atoms with van der Waals surface area (Å²) in [5.74, 6) is 0.377. The summed E-state index contributed by atoms with van der Waals surface area (Å²) in [5.41, 5.74) is 1.87. The van der Waals surface area contributed by atoms with Crippen LogP contribution in [-0.4, -0.2) is 10.2 Å². The molecule has 6 heteroatoms. The van der Waals surface area contributed by atoms with Crippen molar-refractivity contribution in [2.75, 3.05) is 5.32 Å². The van der Waals surface area contributed by atoms with Gasteiger partial charge in [-0.15, -0.1) is 10.2 Å². The molecule has 3 nitrogen and oxygen atoms in total. The molecular weight excluding hydrogens is 317 g/mol. The number of anilines is 1. The minimum absolute atomic E-state index is 0.179. The molecule has 0 saturated carbocycles. The van der Waals surface area contributed by atoms with E-state index in [2.05, 4.69) is 27.6 Å². The summed E-state index contributed by atoms with van der Waals surface area (Å²) < 4.78 is 14.4. The number of nitrogens with one attached hydrogen (secondary N) is 1. The van der Waals surface area contributed by atoms with Gasteiger partial charge in [0.25, 0.3) is 0 Å². The van der Waals surface area contributed by atoms with Crippen molar-refractivity contribution in [2.45, 2.75) is 16.6 Å². The number of halogens is 1. The molecule has 2 aromatic carbocycles. The van der Waals surface area contributed by atoms with Gasteiger partial charge in [-0.3, -0.25) is 0 Å². The van der Waals surface area contributed by atoms with Crippen LogP contribution in [0.4, 0.5) is 9.52 Å². The minimum atomic E-state index is -0.179. The zero-order valence-corrected chi connectivity index (χ0v) is 13.3. The zero-order valence-electron chi connectivity index (χ0n) is 11.7. The fourth-order valence-electron chi connectivity index (χ4n) is 1.87. The van der Waals surface area contributed by atoms with E-state index < -0.39 is 0 Å². The highest BCUT2D eigenvalue weighted by molar-refractivity contribution is 8.00. The number of hydrogen-bond donors (Lipinski definition) is 1. The maximum atomic E-state index is 13.5. The Hall–Kier alpha value is -1.92. The Kier molecular flexibility index (Phi) is 5.03. The van der Waals surface area contributed by atoms with E-state index in [1.807, 2.05) is 24.3 Å². The molecule has 3 rings (SSSR count). The van der Waals surface area contributed by atoms with Crippen LogP contribution in [0.1, 0.15) is 11.1 Å². The van der Waals surface area contributed by atoms with Crippen LogP contribution in [0.2, 0.25) is 0 Å². The maximum Gasteiger partial charge on any atom is 0.206 e. The molecule has 0 atom stereocenters. The molecule has 1 aromatic heterocycles. The van der Waals surface area contributed by atoms with Gasteiger partial charge in [0.1, 0.15) is 5.82 Å². The number of rotatable bonds is 6. The molecule has 0 bridgehead atoms. The van der Waals surface area contributed by atoms with Crippen LogP contribution in [0.25, 0.3) is 0 Å². The van der Waals surface area contributed by atoms with Crippen molar-refractivity contribution in [1.29, 1.82) is 0 Å². The first-order valence-corrected chi connectivity index (χ1v) is 8.59. The molecule has 0 aliphatic carbocycles. The molecule has 1 N–H and O–H groups in total. The first-order chi connectivity index (χ1) is 10.8. The van der Waals surface area contributed by atoms with Crippen LogP contribution < -0.4 is 5.32 Å². The SMILES string of the molecule is Fc1ccccc1CSc1nnc(NCc2ccccc2)s1. The van der Waals surface area contributed by atoms with Crippen molar-refractivity contribution in [2.24, 2.45) is 0 Å². The zero-order chi connectivity index (χ0) is 15.2. The van der Waals surface area contributed by atoms with Crippen LogP contribution in [0.5, 0.6) is 0 Å². The lowest BCUT2D eigenvalue weighted by molar-refractivity contribution is 0.617. The molecule has 22 heavy (non-hydrogen) atoms. The summed E-state index contributed by atoms with van der Waals surface area (Å²) >= 11 is 2.98. The largest absolute Gasteiger partial charge is 0.356 e. The summed E-state index contributed by atoms with van der Waals surface area (Å²) in [7, 11) is 0. The van der Waals surface area contributed by atoms with E-state index in [0.717, 1.165) is 9.47 Å². The summed E-state index contributed by atoms with van der Waals surface area (Å²) in [6, 6.07) is 16.9. The molecule has 1 heterocycles. The quantitative estimate of drug-likeness (QED) is 0.671. The van der Waals surface area contributed by atoms with Crippen molar-refractivity contribution >= 4 is 28.2 Å². The maximum absolute atomic E-state index is 13.5. The standard InChI is InChI=1S/C16H14FN3S2/c17-14-9-5-4-8-13(14)11-21-16-20-19-15(22-16)18-10-12-6-2-1-3-7-12/h1-9H,10-11H2,(H,18,19). The van der Waals surface area contributed by atoms with Crippen LogP contribution in [0.3, 0.4) is 0 Å². The second-order valence-electron chi connectivity index (χ2n) is 4.59. The lowest BCUT2D eigenvalue weighted by Gasteiger charge is -2.01. The van der Waals surface area contributed by atoms with Crippen LogP contribution in [0.15, 0.2) is 58.9 Å². The summed E-state index contributed by atoms with van der Waals surface area (Å²) in [6.07, 6.45) is 0. The Morgan fingerprint density at radius 2 is 1.77 bits per heavy atom. The van der Waals surface area contributed by atoms with E-state index in [9.17, 15) is 4.39 Å². The second-order valence-corrected chi connectivity index (χ2v) is 6.79. The van der Waals surface area contributed by atoms with E-state index in [0.29, 0.717) is 17.9 Å². The van der Waals surface area contributed by atoms with E-state index in [1.54, 1.807) is 12.1 Å². The lowest BCUT2D eigenvalue weighted by atomic mass is 10.2. The molecule has 0 aliphatic rings. The van der Waals surface area contributed by atoms with E-state index in [4.69, 9.17) is 0 Å². The number of thioether (sulfide) groups is 1. The highest BCUT2D eigenvalue weighted by atomic mass is 32.2. The predicted octanol–water partition coefficient (Wildman–Crippen LogP) is 4.58. The van der Waals surface area contributed by atoms with Gasteiger partial charge in [-0.05, 0) is 17.2 Å². The van der Waals surface area contributed by atoms with Crippen molar-refractivity contribution < 1.29 is 4.39 Å². The average Bonchev–Trinajstić information content (AvgIpc) is 3.01. The normalized spacial score (nSPS) is 10.6. The Morgan fingerprint density at radius 1 is 1.00 bits per heavy atom. The highest BCUT2D eigenvalue weighted by Crippen LogP contribution is 2.29. The summed E-state index contributed by atoms with van der Waals surface area (Å²) in [5, 5.41) is 12.3. The predicted molar refractivity (Wildman–Crippen MR) is 89.6 cm³/mol. The molecular formula is C16H14FN3S2. The number of benzene rings is 2. The van der Waals surface area contributed by atoms with E-state index >= 15 is 0 Å². The smallest absolute Gasteiger partial charge is 0.206 e. The van der Waals surface area contributed by atoms with Gasteiger partial charge in [0.15, 0.2) is 4.34 Å². The summed E-state index contributed by atoms with van der Waals surface area (Å²) in [6.45, 7) is 0.716. The molecule has 0 amide bonds. The molecule has 3 aromatic rings. The van der Waals surface area contributed by atoms with Crippen molar-refractivity contribution in [1.82, 2.24) is 10.2 Å². The first-order valence-electron chi connectivity index (χ1n) is 6.79. The Morgan fingerprint density at radius 3 is 2.59 bits per heavy atom. The van der Waals surface area contributed by atoms with Gasteiger partial charge in [-0.1, -0.05) is 71.6 Å². The van der Waals surface area contributed by atoms with Gasteiger partial charge >= 0.3 is 0 Å². The van der Waals surface area contributed by atoms with Crippen LogP contribution >= 0.6 is 23.1 Å². The third kappa shape index (κ3) is 4.05. The molecule has 0 radical (unpaired) electrons. The van der Waals surface area contributed by atoms with Gasteiger partial charge < -0.3 is 5.32 Å². The molecule has 0 spiro atoms. The van der Waals surface area contributed by atoms with Crippen molar-refractivity contribution in [3.05, 3.63) is 71.5 Å². The third-order valence-electron chi connectivity index (χ3n) is 3.00. The van der Waals surface area contributed by atoms with Crippen LogP contribution in [-0.2, 0) is 12.3 Å². The second kappa shape index (κ2) is 7.38. The van der Waals surface area contributed by atoms with Crippen molar-refractivity contribution in [3.8, 4) is 0 Å². The molecule has 0 saturated heterocycles. The van der Waals surface area contributed by atoms with Gasteiger partial charge in [0, 0.05) is 12.3 Å². The lowest BCUT2D eigenvalue weighted by Crippen LogP contribution is -1.98. The van der Waals surface area contributed by atoms with E-state index in [-0.39, 0.29) is 5.82 Å². The van der Waals surface area contributed by atoms with Gasteiger partial charge in [-0.25, -0.2) is 4.39 Å². The Bertz CT molecular complexity index is 731. The van der Waals surface area contributed by atoms with Crippen LogP contribution in [0, 0.1) is 5.82 Å². The fraction of sp³-hybridized carbons (Fsp3) is 0.125. The Balaban J connectivity index is 1.54. The van der Waals surface area contributed by atoms with Gasteiger partial charge in [-0.2, -0.15) is 0 Å². The number of nitrogens with zero attached hydrogens (tertiary/aromatic N) is 2. The highest BCUT2D eigenvalue weighted by Gasteiger charge is 2.07. The fourth-order valence-corrected chi connectivity index (χ4v) is 3.60. The first kappa shape index (κ1) is 15.0. The van der Waals surface area contributed by atoms with E-state index in [1.165, 1.54) is 34.7 Å². The van der Waals surface area contributed by atoms with Gasteiger partial charge in [0.2, 0.25) is 5.13 Å². The Labute approximate surface area is 136 Å². The third-order valence-corrected chi connectivity index (χ3v) is 5.07. The van der Waals surface area contributed by atoms with Gasteiger partial charge in [0.05, 0.1) is 0 Å². The summed E-state index contributed by atoms with van der Waals surface area (Å²) in [4.78, 5) is 0. The van der Waals surface area contributed by atoms with Crippen molar-refractivity contribution in [3.63, 3.8) is 0 Å². The number of hydrogen-bond acceptors (Lipinski definition) is 5. The molecule has 0 fully saturated rings. The topological polar surface area (TPSA) is 37.8 Å².